The van der Waals surface area contributed by atoms with Crippen molar-refractivity contribution in [3.8, 4) is 0 Å². The Morgan fingerprint density at radius 1 is 1.63 bits per heavy atom. The largest absolute Gasteiger partial charge is 0.416 e. The summed E-state index contributed by atoms with van der Waals surface area (Å²) in [5.41, 5.74) is 1.56. The van der Waals surface area contributed by atoms with Crippen molar-refractivity contribution < 1.29 is 23.1 Å². The van der Waals surface area contributed by atoms with Crippen molar-refractivity contribution in [2.75, 3.05) is 6.54 Å². The second-order valence-electron chi connectivity index (χ2n) is 4.43. The number of thiazole rings is 1. The molecule has 0 radical (unpaired) electrons. The number of aromatic nitrogens is 1. The molecular weight excluding hydrogens is 281 g/mol. The zero-order valence-corrected chi connectivity index (χ0v) is 10.7. The van der Waals surface area contributed by atoms with Crippen LogP contribution in [0.1, 0.15) is 17.7 Å². The molecule has 0 saturated carbocycles. The lowest BCUT2D eigenvalue weighted by atomic mass is 10.1. The third kappa shape index (κ3) is 3.24. The van der Waals surface area contributed by atoms with Gasteiger partial charge in [0.15, 0.2) is 6.10 Å². The van der Waals surface area contributed by atoms with Crippen LogP contribution in [0.4, 0.5) is 13.2 Å². The second kappa shape index (κ2) is 5.46. The van der Waals surface area contributed by atoms with Crippen LogP contribution < -0.4 is 0 Å². The highest BCUT2D eigenvalue weighted by molar-refractivity contribution is 7.09. The topological polar surface area (TPSA) is 53.4 Å². The van der Waals surface area contributed by atoms with Crippen LogP contribution in [0.25, 0.3) is 0 Å². The van der Waals surface area contributed by atoms with Gasteiger partial charge in [0.25, 0.3) is 0 Å². The van der Waals surface area contributed by atoms with Gasteiger partial charge in [-0.1, -0.05) is 0 Å². The van der Waals surface area contributed by atoms with Gasteiger partial charge in [-0.3, -0.25) is 9.78 Å². The predicted molar refractivity (Wildman–Crippen MR) is 62.6 cm³/mol. The van der Waals surface area contributed by atoms with Crippen molar-refractivity contribution in [2.24, 2.45) is 0 Å². The van der Waals surface area contributed by atoms with E-state index in [4.69, 9.17) is 0 Å². The molecule has 0 aromatic carbocycles. The number of nitrogens with zero attached hydrogens (tertiary/aromatic N) is 2. The number of alkyl halides is 3. The normalized spacial score (nSPS) is 21.7. The Morgan fingerprint density at radius 3 is 2.95 bits per heavy atom. The Hall–Kier alpha value is -1.15. The molecular formula is C11H13F3N2O2S. The first kappa shape index (κ1) is 14.3. The summed E-state index contributed by atoms with van der Waals surface area (Å²) < 4.78 is 37.6. The van der Waals surface area contributed by atoms with E-state index < -0.39 is 24.2 Å². The van der Waals surface area contributed by atoms with Gasteiger partial charge in [-0.05, 0) is 12.8 Å². The van der Waals surface area contributed by atoms with Crippen molar-refractivity contribution in [3.05, 3.63) is 16.6 Å². The van der Waals surface area contributed by atoms with E-state index in [2.05, 4.69) is 4.98 Å². The molecule has 2 rings (SSSR count). The van der Waals surface area contributed by atoms with Crippen LogP contribution in [0.15, 0.2) is 11.7 Å². The molecule has 1 fully saturated rings. The van der Waals surface area contributed by atoms with Gasteiger partial charge >= 0.3 is 6.18 Å². The number of rotatable bonds is 3. The lowest BCUT2D eigenvalue weighted by Gasteiger charge is -2.29. The highest BCUT2D eigenvalue weighted by atomic mass is 32.1. The van der Waals surface area contributed by atoms with Gasteiger partial charge in [0.1, 0.15) is 0 Å². The number of hydrogen-bond acceptors (Lipinski definition) is 4. The van der Waals surface area contributed by atoms with Gasteiger partial charge < -0.3 is 10.0 Å². The smallest absolute Gasteiger partial charge is 0.382 e. The van der Waals surface area contributed by atoms with Gasteiger partial charge in [0, 0.05) is 17.6 Å². The minimum absolute atomic E-state index is 0.0335. The van der Waals surface area contributed by atoms with Gasteiger partial charge in [-0.15, -0.1) is 11.3 Å². The highest BCUT2D eigenvalue weighted by Crippen LogP contribution is 2.31. The SMILES string of the molecule is O=C(Cc1cncs1)N1CCCC1C(O)C(F)(F)F. The van der Waals surface area contributed by atoms with E-state index in [9.17, 15) is 23.1 Å². The van der Waals surface area contributed by atoms with Crippen molar-refractivity contribution in [1.29, 1.82) is 0 Å². The quantitative estimate of drug-likeness (QED) is 0.921. The zero-order valence-electron chi connectivity index (χ0n) is 9.93. The average molecular weight is 294 g/mol. The van der Waals surface area contributed by atoms with E-state index in [1.807, 2.05) is 0 Å². The van der Waals surface area contributed by atoms with Crippen molar-refractivity contribution in [2.45, 2.75) is 37.6 Å². The van der Waals surface area contributed by atoms with Crippen LogP contribution in [-0.4, -0.2) is 45.8 Å². The molecule has 1 aromatic rings. The number of hydrogen-bond donors (Lipinski definition) is 1. The number of carbonyl (C=O) groups excluding carboxylic acids is 1. The number of likely N-dealkylation sites (tertiary alicyclic amines) is 1. The van der Waals surface area contributed by atoms with E-state index in [0.29, 0.717) is 11.3 Å². The van der Waals surface area contributed by atoms with Gasteiger partial charge in [0.2, 0.25) is 5.91 Å². The van der Waals surface area contributed by atoms with E-state index in [1.54, 1.807) is 5.51 Å². The summed E-state index contributed by atoms with van der Waals surface area (Å²) in [6, 6.07) is -1.17. The number of aliphatic hydroxyl groups is 1. The van der Waals surface area contributed by atoms with Gasteiger partial charge in [0.05, 0.1) is 18.0 Å². The summed E-state index contributed by atoms with van der Waals surface area (Å²) in [7, 11) is 0. The third-order valence-electron chi connectivity index (χ3n) is 3.13. The van der Waals surface area contributed by atoms with Gasteiger partial charge in [-0.25, -0.2) is 0 Å². The Bertz CT molecular complexity index is 436. The average Bonchev–Trinajstić information content (AvgIpc) is 2.96. The number of halogens is 3. The molecule has 1 aliphatic rings. The number of aliphatic hydroxyl groups excluding tert-OH is 1. The van der Waals surface area contributed by atoms with Gasteiger partial charge in [-0.2, -0.15) is 13.2 Å². The Labute approximate surface area is 111 Å². The lowest BCUT2D eigenvalue weighted by Crippen LogP contribution is -2.49. The summed E-state index contributed by atoms with van der Waals surface area (Å²) in [6.07, 6.45) is -4.96. The van der Waals surface area contributed by atoms with Crippen LogP contribution in [0, 0.1) is 0 Å². The maximum atomic E-state index is 12.5. The van der Waals surface area contributed by atoms with Crippen LogP contribution in [0.3, 0.4) is 0 Å². The molecule has 19 heavy (non-hydrogen) atoms. The maximum Gasteiger partial charge on any atom is 0.416 e. The Kier molecular flexibility index (Phi) is 4.10. The molecule has 1 aromatic heterocycles. The molecule has 8 heteroatoms. The molecule has 0 spiro atoms. The summed E-state index contributed by atoms with van der Waals surface area (Å²) in [5, 5.41) is 9.30. The molecule has 1 aliphatic heterocycles. The van der Waals surface area contributed by atoms with E-state index in [0.717, 1.165) is 4.90 Å². The molecule has 0 aliphatic carbocycles. The Balaban J connectivity index is 2.04. The summed E-state index contributed by atoms with van der Waals surface area (Å²) >= 11 is 1.28. The van der Waals surface area contributed by atoms with Crippen LogP contribution in [0.5, 0.6) is 0 Å². The first-order chi connectivity index (χ1) is 8.89. The predicted octanol–water partition coefficient (Wildman–Crippen LogP) is 1.60. The highest BCUT2D eigenvalue weighted by Gasteiger charge is 2.48. The standard InChI is InChI=1S/C11H13F3N2O2S/c12-11(13,14)10(18)8-2-1-3-16(8)9(17)4-7-5-15-6-19-7/h5-6,8,10,18H,1-4H2. The summed E-state index contributed by atoms with van der Waals surface area (Å²) in [4.78, 5) is 17.6. The number of amides is 1. The lowest BCUT2D eigenvalue weighted by molar-refractivity contribution is -0.219. The van der Waals surface area contributed by atoms with Crippen molar-refractivity contribution in [3.63, 3.8) is 0 Å². The fourth-order valence-corrected chi connectivity index (χ4v) is 2.81. The second-order valence-corrected chi connectivity index (χ2v) is 5.40. The van der Waals surface area contributed by atoms with Crippen LogP contribution >= 0.6 is 11.3 Å². The molecule has 0 bridgehead atoms. The van der Waals surface area contributed by atoms with Crippen molar-refractivity contribution in [1.82, 2.24) is 9.88 Å². The molecule has 2 unspecified atom stereocenters. The fraction of sp³-hybridized carbons (Fsp3) is 0.636. The van der Waals surface area contributed by atoms with E-state index >= 15 is 0 Å². The minimum atomic E-state index is -4.70. The molecule has 106 valence electrons. The molecule has 2 heterocycles. The summed E-state index contributed by atoms with van der Waals surface area (Å²) in [5.74, 6) is -0.393. The molecule has 2 atom stereocenters. The van der Waals surface area contributed by atoms with E-state index in [-0.39, 0.29) is 19.4 Å². The zero-order chi connectivity index (χ0) is 14.0. The molecule has 4 nitrogen and oxygen atoms in total. The van der Waals surface area contributed by atoms with E-state index in [1.165, 1.54) is 17.5 Å². The summed E-state index contributed by atoms with van der Waals surface area (Å²) in [6.45, 7) is 0.259. The molecule has 1 amide bonds. The monoisotopic (exact) mass is 294 g/mol. The molecule has 1 N–H and O–H groups in total. The van der Waals surface area contributed by atoms with Crippen LogP contribution in [0.2, 0.25) is 0 Å². The molecule has 1 saturated heterocycles. The minimum Gasteiger partial charge on any atom is -0.382 e. The van der Waals surface area contributed by atoms with Crippen molar-refractivity contribution >= 4 is 17.2 Å². The maximum absolute atomic E-state index is 12.5. The van der Waals surface area contributed by atoms with Crippen LogP contribution in [-0.2, 0) is 11.2 Å². The first-order valence-corrected chi connectivity index (χ1v) is 6.69. The Morgan fingerprint density at radius 2 is 2.37 bits per heavy atom. The first-order valence-electron chi connectivity index (χ1n) is 5.81. The third-order valence-corrected chi connectivity index (χ3v) is 3.91. The fourth-order valence-electron chi connectivity index (χ4n) is 2.23. The number of carbonyl (C=O) groups is 1.